The Balaban J connectivity index is 1.73. The van der Waals surface area contributed by atoms with Crippen molar-refractivity contribution in [1.29, 1.82) is 0 Å². The molecule has 5 nitrogen and oxygen atoms in total. The lowest BCUT2D eigenvalue weighted by Gasteiger charge is -2.35. The van der Waals surface area contributed by atoms with Gasteiger partial charge in [0.05, 0.1) is 12.1 Å². The summed E-state index contributed by atoms with van der Waals surface area (Å²) in [7, 11) is 0. The monoisotopic (exact) mass is 305 g/mol. The number of nitrogens with zero attached hydrogens (tertiary/aromatic N) is 3. The highest BCUT2D eigenvalue weighted by molar-refractivity contribution is 5.79. The van der Waals surface area contributed by atoms with Crippen LogP contribution in [0, 0.1) is 5.82 Å². The van der Waals surface area contributed by atoms with E-state index >= 15 is 0 Å². The van der Waals surface area contributed by atoms with Gasteiger partial charge >= 0.3 is 0 Å². The van der Waals surface area contributed by atoms with Crippen LogP contribution in [-0.4, -0.2) is 44.5 Å². The van der Waals surface area contributed by atoms with Crippen molar-refractivity contribution in [1.82, 2.24) is 14.3 Å². The zero-order chi connectivity index (χ0) is 15.5. The summed E-state index contributed by atoms with van der Waals surface area (Å²) >= 11 is 0. The Hall–Kier alpha value is -1.95. The van der Waals surface area contributed by atoms with Crippen LogP contribution in [0.1, 0.15) is 31.4 Å². The number of imidazole rings is 1. The number of hydrogen-bond acceptors (Lipinski definition) is 3. The lowest BCUT2D eigenvalue weighted by Crippen LogP contribution is -2.44. The van der Waals surface area contributed by atoms with Gasteiger partial charge < -0.3 is 14.4 Å². The van der Waals surface area contributed by atoms with Crippen LogP contribution >= 0.6 is 0 Å². The maximum Gasteiger partial charge on any atom is 0.228 e. The van der Waals surface area contributed by atoms with E-state index in [-0.39, 0.29) is 30.8 Å². The van der Waals surface area contributed by atoms with Crippen molar-refractivity contribution in [3.63, 3.8) is 0 Å². The van der Waals surface area contributed by atoms with Gasteiger partial charge in [0.15, 0.2) is 0 Å². The first kappa shape index (κ1) is 15.0. The summed E-state index contributed by atoms with van der Waals surface area (Å²) in [6.45, 7) is 0.841. The number of amides is 1. The molecule has 2 aromatic rings. The third-order valence-electron chi connectivity index (χ3n) is 4.21. The SMILES string of the molecule is O=C(Cc1cn2cc(F)ccc2n1)N1CCCCC1CCO. The molecule has 1 fully saturated rings. The number of likely N-dealkylation sites (tertiary alicyclic amines) is 1. The molecule has 1 atom stereocenters. The second kappa shape index (κ2) is 6.44. The van der Waals surface area contributed by atoms with Crippen LogP contribution in [0.2, 0.25) is 0 Å². The van der Waals surface area contributed by atoms with Crippen molar-refractivity contribution in [3.05, 3.63) is 36.0 Å². The highest BCUT2D eigenvalue weighted by atomic mass is 19.1. The van der Waals surface area contributed by atoms with E-state index in [9.17, 15) is 9.18 Å². The normalized spacial score (nSPS) is 18.8. The molecular formula is C16H20FN3O2. The molecule has 22 heavy (non-hydrogen) atoms. The van der Waals surface area contributed by atoms with Crippen LogP contribution in [0.4, 0.5) is 4.39 Å². The molecule has 0 spiro atoms. The maximum atomic E-state index is 13.2. The molecule has 0 aliphatic carbocycles. The third kappa shape index (κ3) is 3.11. The Morgan fingerprint density at radius 3 is 3.05 bits per heavy atom. The molecule has 0 saturated carbocycles. The van der Waals surface area contributed by atoms with Gasteiger partial charge in [0, 0.05) is 31.6 Å². The average Bonchev–Trinajstić information content (AvgIpc) is 2.89. The molecule has 0 radical (unpaired) electrons. The van der Waals surface area contributed by atoms with Crippen LogP contribution < -0.4 is 0 Å². The lowest BCUT2D eigenvalue weighted by atomic mass is 9.99. The summed E-state index contributed by atoms with van der Waals surface area (Å²) in [5, 5.41) is 9.14. The van der Waals surface area contributed by atoms with Gasteiger partial charge in [0.25, 0.3) is 0 Å². The Morgan fingerprint density at radius 2 is 2.23 bits per heavy atom. The quantitative estimate of drug-likeness (QED) is 0.937. The molecule has 1 aliphatic rings. The molecule has 1 saturated heterocycles. The fourth-order valence-corrected chi connectivity index (χ4v) is 3.14. The van der Waals surface area contributed by atoms with Gasteiger partial charge in [-0.05, 0) is 37.8 Å². The second-order valence-electron chi connectivity index (χ2n) is 5.77. The average molecular weight is 305 g/mol. The number of carbonyl (C=O) groups excluding carboxylic acids is 1. The van der Waals surface area contributed by atoms with Crippen molar-refractivity contribution >= 4 is 11.6 Å². The van der Waals surface area contributed by atoms with Gasteiger partial charge in [-0.3, -0.25) is 4.79 Å². The number of aliphatic hydroxyl groups is 1. The minimum atomic E-state index is -0.332. The number of piperidine rings is 1. The maximum absolute atomic E-state index is 13.2. The van der Waals surface area contributed by atoms with Gasteiger partial charge in [-0.15, -0.1) is 0 Å². The molecule has 3 heterocycles. The molecule has 1 unspecified atom stereocenters. The predicted octanol–water partition coefficient (Wildman–Crippen LogP) is 1.78. The first-order chi connectivity index (χ1) is 10.7. The largest absolute Gasteiger partial charge is 0.396 e. The Morgan fingerprint density at radius 1 is 1.36 bits per heavy atom. The fraction of sp³-hybridized carbons (Fsp3) is 0.500. The summed E-state index contributed by atoms with van der Waals surface area (Å²) in [6.07, 6.45) is 6.94. The van der Waals surface area contributed by atoms with Gasteiger partial charge in [-0.2, -0.15) is 0 Å². The van der Waals surface area contributed by atoms with Gasteiger partial charge in [-0.25, -0.2) is 9.37 Å². The van der Waals surface area contributed by atoms with E-state index < -0.39 is 0 Å². The molecule has 3 rings (SSSR count). The molecule has 2 aromatic heterocycles. The zero-order valence-electron chi connectivity index (χ0n) is 12.4. The van der Waals surface area contributed by atoms with Crippen molar-refractivity contribution in [3.8, 4) is 0 Å². The smallest absolute Gasteiger partial charge is 0.228 e. The topological polar surface area (TPSA) is 57.8 Å². The molecule has 1 amide bonds. The Bertz CT molecular complexity index is 668. The van der Waals surface area contributed by atoms with Crippen molar-refractivity contribution in [2.45, 2.75) is 38.1 Å². The first-order valence-electron chi connectivity index (χ1n) is 7.71. The second-order valence-corrected chi connectivity index (χ2v) is 5.77. The summed E-state index contributed by atoms with van der Waals surface area (Å²) in [5.41, 5.74) is 1.28. The van der Waals surface area contributed by atoms with E-state index in [2.05, 4.69) is 4.98 Å². The lowest BCUT2D eigenvalue weighted by molar-refractivity contribution is -0.134. The summed E-state index contributed by atoms with van der Waals surface area (Å²) in [4.78, 5) is 18.7. The van der Waals surface area contributed by atoms with Crippen LogP contribution in [-0.2, 0) is 11.2 Å². The molecule has 1 aliphatic heterocycles. The fourth-order valence-electron chi connectivity index (χ4n) is 3.14. The molecule has 6 heteroatoms. The van der Waals surface area contributed by atoms with E-state index in [1.165, 1.54) is 12.3 Å². The van der Waals surface area contributed by atoms with Crippen molar-refractivity contribution in [2.24, 2.45) is 0 Å². The number of rotatable bonds is 4. The minimum absolute atomic E-state index is 0.0297. The van der Waals surface area contributed by atoms with Crippen LogP contribution in [0.25, 0.3) is 5.65 Å². The van der Waals surface area contributed by atoms with E-state index in [0.717, 1.165) is 25.8 Å². The number of fused-ring (bicyclic) bond motifs is 1. The third-order valence-corrected chi connectivity index (χ3v) is 4.21. The molecule has 0 bridgehead atoms. The van der Waals surface area contributed by atoms with E-state index in [0.29, 0.717) is 17.8 Å². The van der Waals surface area contributed by atoms with Crippen LogP contribution in [0.15, 0.2) is 24.5 Å². The van der Waals surface area contributed by atoms with Crippen molar-refractivity contribution < 1.29 is 14.3 Å². The molecule has 1 N–H and O–H groups in total. The Labute approximate surface area is 128 Å². The first-order valence-corrected chi connectivity index (χ1v) is 7.71. The highest BCUT2D eigenvalue weighted by Crippen LogP contribution is 2.20. The number of hydrogen-bond donors (Lipinski definition) is 1. The summed E-state index contributed by atoms with van der Waals surface area (Å²) < 4.78 is 14.8. The number of carbonyl (C=O) groups is 1. The van der Waals surface area contributed by atoms with Gasteiger partial charge in [0.2, 0.25) is 5.91 Å². The van der Waals surface area contributed by atoms with Gasteiger partial charge in [-0.1, -0.05) is 0 Å². The summed E-state index contributed by atoms with van der Waals surface area (Å²) in [6, 6.07) is 3.08. The van der Waals surface area contributed by atoms with Crippen LogP contribution in [0.3, 0.4) is 0 Å². The number of aromatic nitrogens is 2. The minimum Gasteiger partial charge on any atom is -0.396 e. The molecule has 0 aromatic carbocycles. The van der Waals surface area contributed by atoms with E-state index in [1.54, 1.807) is 16.7 Å². The molecule has 118 valence electrons. The van der Waals surface area contributed by atoms with Crippen molar-refractivity contribution in [2.75, 3.05) is 13.2 Å². The zero-order valence-corrected chi connectivity index (χ0v) is 12.4. The van der Waals surface area contributed by atoms with E-state index in [1.807, 2.05) is 4.90 Å². The number of halogens is 1. The van der Waals surface area contributed by atoms with Crippen LogP contribution in [0.5, 0.6) is 0 Å². The number of pyridine rings is 1. The Kier molecular flexibility index (Phi) is 4.38. The summed E-state index contributed by atoms with van der Waals surface area (Å²) in [5.74, 6) is -0.302. The number of aliphatic hydroxyl groups excluding tert-OH is 1. The van der Waals surface area contributed by atoms with E-state index in [4.69, 9.17) is 5.11 Å². The highest BCUT2D eigenvalue weighted by Gasteiger charge is 2.26. The molecular weight excluding hydrogens is 285 g/mol. The predicted molar refractivity (Wildman–Crippen MR) is 79.9 cm³/mol. The van der Waals surface area contributed by atoms with Gasteiger partial charge in [0.1, 0.15) is 11.5 Å². The standard InChI is InChI=1S/C16H20FN3O2/c17-12-4-5-15-18-13(11-19(15)10-12)9-16(22)20-7-2-1-3-14(20)6-8-21/h4-5,10-11,14,21H,1-3,6-9H2.